The van der Waals surface area contributed by atoms with E-state index in [2.05, 4.69) is 5.16 Å². The van der Waals surface area contributed by atoms with Gasteiger partial charge >= 0.3 is 5.97 Å². The number of aromatic nitrogens is 1. The van der Waals surface area contributed by atoms with E-state index < -0.39 is 22.0 Å². The molecule has 2 rings (SSSR count). The Kier molecular flexibility index (Phi) is 6.04. The van der Waals surface area contributed by atoms with Crippen molar-refractivity contribution < 1.29 is 27.6 Å². The highest BCUT2D eigenvalue weighted by Crippen LogP contribution is 2.24. The Bertz CT molecular complexity index is 763. The van der Waals surface area contributed by atoms with Crippen LogP contribution in [0.2, 0.25) is 0 Å². The quantitative estimate of drug-likeness (QED) is 0.693. The molecule has 26 heavy (non-hydrogen) atoms. The first-order chi connectivity index (χ1) is 12.1. The van der Waals surface area contributed by atoms with Gasteiger partial charge in [-0.25, -0.2) is 8.42 Å². The Hall–Kier alpha value is -1.98. The second kappa shape index (κ2) is 7.72. The average Bonchev–Trinajstić information content (AvgIpc) is 2.93. The lowest BCUT2D eigenvalue weighted by molar-refractivity contribution is -0.143. The SMILES string of the molecule is Cc1noc(C)c1S(=O)(=O)N1CCN(C(=O)CN(C)C(C)C(=O)O)CC1. The Morgan fingerprint density at radius 2 is 1.85 bits per heavy atom. The number of hydrogen-bond acceptors (Lipinski definition) is 7. The van der Waals surface area contributed by atoms with E-state index in [1.165, 1.54) is 16.1 Å². The van der Waals surface area contributed by atoms with Gasteiger partial charge in [0.1, 0.15) is 16.6 Å². The van der Waals surface area contributed by atoms with Gasteiger partial charge in [-0.2, -0.15) is 4.31 Å². The monoisotopic (exact) mass is 388 g/mol. The van der Waals surface area contributed by atoms with E-state index in [9.17, 15) is 18.0 Å². The van der Waals surface area contributed by atoms with Crippen molar-refractivity contribution >= 4 is 21.9 Å². The summed E-state index contributed by atoms with van der Waals surface area (Å²) < 4.78 is 31.8. The molecule has 0 saturated carbocycles. The second-order valence-electron chi connectivity index (χ2n) is 6.37. The van der Waals surface area contributed by atoms with Crippen molar-refractivity contribution in [3.8, 4) is 0 Å². The summed E-state index contributed by atoms with van der Waals surface area (Å²) in [5.74, 6) is -0.990. The summed E-state index contributed by atoms with van der Waals surface area (Å²) >= 11 is 0. The zero-order chi connectivity index (χ0) is 19.6. The normalized spacial score (nSPS) is 17.5. The zero-order valence-corrected chi connectivity index (χ0v) is 16.1. The van der Waals surface area contributed by atoms with Crippen molar-refractivity contribution in [1.82, 2.24) is 19.3 Å². The van der Waals surface area contributed by atoms with Crippen LogP contribution in [0.3, 0.4) is 0 Å². The number of piperazine rings is 1. The van der Waals surface area contributed by atoms with Crippen LogP contribution in [0.4, 0.5) is 0 Å². The molecule has 1 unspecified atom stereocenters. The number of amides is 1. The van der Waals surface area contributed by atoms with E-state index in [0.717, 1.165) is 0 Å². The van der Waals surface area contributed by atoms with E-state index in [1.54, 1.807) is 25.8 Å². The number of aryl methyl sites for hydroxylation is 2. The molecule has 1 aromatic heterocycles. The van der Waals surface area contributed by atoms with E-state index in [4.69, 9.17) is 9.63 Å². The number of aliphatic carboxylic acids is 1. The number of sulfonamides is 1. The third kappa shape index (κ3) is 4.05. The van der Waals surface area contributed by atoms with Crippen molar-refractivity contribution in [1.29, 1.82) is 0 Å². The van der Waals surface area contributed by atoms with Crippen LogP contribution >= 0.6 is 0 Å². The highest BCUT2D eigenvalue weighted by atomic mass is 32.2. The molecule has 146 valence electrons. The lowest BCUT2D eigenvalue weighted by Crippen LogP contribution is -2.53. The first-order valence-corrected chi connectivity index (χ1v) is 9.63. The molecule has 0 radical (unpaired) electrons. The first kappa shape index (κ1) is 20.3. The predicted octanol–water partition coefficient (Wildman–Crippen LogP) is -0.471. The van der Waals surface area contributed by atoms with Crippen LogP contribution < -0.4 is 0 Å². The van der Waals surface area contributed by atoms with Gasteiger partial charge in [0.05, 0.1) is 6.54 Å². The Morgan fingerprint density at radius 1 is 1.27 bits per heavy atom. The minimum Gasteiger partial charge on any atom is -0.480 e. The summed E-state index contributed by atoms with van der Waals surface area (Å²) in [4.78, 5) is 26.4. The van der Waals surface area contributed by atoms with E-state index in [-0.39, 0.29) is 49.3 Å². The van der Waals surface area contributed by atoms with Crippen LogP contribution in [0.15, 0.2) is 9.42 Å². The largest absolute Gasteiger partial charge is 0.480 e. The van der Waals surface area contributed by atoms with Crippen molar-refractivity contribution in [2.45, 2.75) is 31.7 Å². The lowest BCUT2D eigenvalue weighted by atomic mass is 10.3. The zero-order valence-electron chi connectivity index (χ0n) is 15.3. The van der Waals surface area contributed by atoms with E-state index in [1.807, 2.05) is 0 Å². The van der Waals surface area contributed by atoms with E-state index in [0.29, 0.717) is 5.69 Å². The molecule has 1 aliphatic heterocycles. The maximum absolute atomic E-state index is 12.8. The van der Waals surface area contributed by atoms with Gasteiger partial charge in [0, 0.05) is 26.2 Å². The molecule has 1 fully saturated rings. The number of carbonyl (C=O) groups excluding carboxylic acids is 1. The average molecular weight is 388 g/mol. The van der Waals surface area contributed by atoms with Crippen LogP contribution in [-0.2, 0) is 19.6 Å². The molecular weight excluding hydrogens is 364 g/mol. The predicted molar refractivity (Wildman–Crippen MR) is 91.0 cm³/mol. The van der Waals surface area contributed by atoms with Gasteiger partial charge in [0.25, 0.3) is 0 Å². The number of carboxylic acid groups (broad SMARTS) is 1. The first-order valence-electron chi connectivity index (χ1n) is 8.19. The Labute approximate surface area is 152 Å². The van der Waals surface area contributed by atoms with Crippen molar-refractivity contribution in [3.63, 3.8) is 0 Å². The molecule has 2 heterocycles. The van der Waals surface area contributed by atoms with Gasteiger partial charge in [-0.3, -0.25) is 14.5 Å². The molecule has 0 aliphatic carbocycles. The molecular formula is C15H24N4O6S. The van der Waals surface area contributed by atoms with Crippen LogP contribution in [-0.4, -0.2) is 90.5 Å². The fourth-order valence-electron chi connectivity index (χ4n) is 2.79. The Morgan fingerprint density at radius 3 is 2.31 bits per heavy atom. The number of carboxylic acids is 1. The minimum absolute atomic E-state index is 0.0376. The summed E-state index contributed by atoms with van der Waals surface area (Å²) in [6, 6.07) is -0.778. The summed E-state index contributed by atoms with van der Waals surface area (Å²) in [6.07, 6.45) is 0. The van der Waals surface area contributed by atoms with Gasteiger partial charge in [-0.05, 0) is 27.8 Å². The molecule has 1 amide bonds. The number of hydrogen-bond donors (Lipinski definition) is 1. The van der Waals surface area contributed by atoms with Crippen molar-refractivity contribution in [2.24, 2.45) is 0 Å². The van der Waals surface area contributed by atoms with Crippen molar-refractivity contribution in [3.05, 3.63) is 11.5 Å². The summed E-state index contributed by atoms with van der Waals surface area (Å²) in [7, 11) is -2.16. The summed E-state index contributed by atoms with van der Waals surface area (Å²) in [5, 5.41) is 12.7. The smallest absolute Gasteiger partial charge is 0.320 e. The number of nitrogens with zero attached hydrogens (tertiary/aromatic N) is 4. The fraction of sp³-hybridized carbons (Fsp3) is 0.667. The molecule has 1 atom stereocenters. The third-order valence-electron chi connectivity index (χ3n) is 4.56. The molecule has 0 bridgehead atoms. The molecule has 0 spiro atoms. The molecule has 0 aromatic carbocycles. The van der Waals surface area contributed by atoms with E-state index >= 15 is 0 Å². The summed E-state index contributed by atoms with van der Waals surface area (Å²) in [5.41, 5.74) is 0.310. The number of likely N-dealkylation sites (N-methyl/N-ethyl adjacent to an activating group) is 1. The van der Waals surface area contributed by atoms with Gasteiger partial charge in [0.2, 0.25) is 15.9 Å². The minimum atomic E-state index is -3.73. The van der Waals surface area contributed by atoms with Crippen molar-refractivity contribution in [2.75, 3.05) is 39.8 Å². The molecule has 1 saturated heterocycles. The molecule has 10 nitrogen and oxygen atoms in total. The second-order valence-corrected chi connectivity index (χ2v) is 8.24. The maximum Gasteiger partial charge on any atom is 0.320 e. The highest BCUT2D eigenvalue weighted by Gasteiger charge is 2.34. The fourth-order valence-corrected chi connectivity index (χ4v) is 4.50. The van der Waals surface area contributed by atoms with Gasteiger partial charge in [-0.15, -0.1) is 0 Å². The van der Waals surface area contributed by atoms with Crippen LogP contribution in [0.5, 0.6) is 0 Å². The highest BCUT2D eigenvalue weighted by molar-refractivity contribution is 7.89. The van der Waals surface area contributed by atoms with Gasteiger partial charge in [0.15, 0.2) is 5.76 Å². The standard InChI is InChI=1S/C15H24N4O6S/c1-10-14(12(3)25-16-10)26(23,24)19-7-5-18(6-8-19)13(20)9-17(4)11(2)15(21)22/h11H,5-9H2,1-4H3,(H,21,22). The maximum atomic E-state index is 12.8. The van der Waals surface area contributed by atoms with Gasteiger partial charge in [-0.1, -0.05) is 5.16 Å². The molecule has 1 aliphatic rings. The molecule has 1 aromatic rings. The summed E-state index contributed by atoms with van der Waals surface area (Å²) in [6.45, 7) is 5.41. The van der Waals surface area contributed by atoms with Crippen LogP contribution in [0.25, 0.3) is 0 Å². The van der Waals surface area contributed by atoms with Gasteiger partial charge < -0.3 is 14.5 Å². The lowest BCUT2D eigenvalue weighted by Gasteiger charge is -2.35. The van der Waals surface area contributed by atoms with Crippen LogP contribution in [0.1, 0.15) is 18.4 Å². The van der Waals surface area contributed by atoms with Crippen LogP contribution in [0, 0.1) is 13.8 Å². The third-order valence-corrected chi connectivity index (χ3v) is 6.70. The number of carbonyl (C=O) groups is 2. The topological polar surface area (TPSA) is 124 Å². The molecule has 11 heteroatoms. The molecule has 1 N–H and O–H groups in total. The Balaban J connectivity index is 1.99. The number of rotatable bonds is 6.